The zero-order valence-corrected chi connectivity index (χ0v) is 14.9. The zero-order chi connectivity index (χ0) is 19.8. The summed E-state index contributed by atoms with van der Waals surface area (Å²) < 4.78 is 19.2. The summed E-state index contributed by atoms with van der Waals surface area (Å²) in [4.78, 5) is 24.9. The molecule has 9 heteroatoms. The highest BCUT2D eigenvalue weighted by Crippen LogP contribution is 2.34. The summed E-state index contributed by atoms with van der Waals surface area (Å²) in [6.45, 7) is 0. The standard InChI is InChI=1S/C19H17FN6O2/c1-28-18-13(21)4-5-14(25-18)11-6-9(20)2-3-10(11)15-7-16-12(17(27)24-15)8-23-19(22)26-16/h2-6,8,15H,7,21H2,1H3,(H,24,27)(H2,22,23,26). The number of nitrogens with one attached hydrogen (secondary N) is 1. The number of nitrogens with two attached hydrogens (primary N) is 2. The van der Waals surface area contributed by atoms with Gasteiger partial charge in [0.25, 0.3) is 5.91 Å². The number of benzene rings is 1. The third-order valence-electron chi connectivity index (χ3n) is 4.58. The lowest BCUT2D eigenvalue weighted by molar-refractivity contribution is 0.0923. The fraction of sp³-hybridized carbons (Fsp3) is 0.158. The molecule has 3 heterocycles. The quantitative estimate of drug-likeness (QED) is 0.632. The van der Waals surface area contributed by atoms with Crippen LogP contribution in [0.3, 0.4) is 0 Å². The number of aromatic nitrogens is 3. The normalized spacial score (nSPS) is 15.6. The Hall–Kier alpha value is -3.75. The van der Waals surface area contributed by atoms with E-state index in [0.717, 1.165) is 0 Å². The molecular formula is C19H17FN6O2. The SMILES string of the molecule is COc1nc(-c2cc(F)ccc2C2Cc3nc(N)ncc3C(=O)N2)ccc1N. The van der Waals surface area contributed by atoms with E-state index in [9.17, 15) is 9.18 Å². The summed E-state index contributed by atoms with van der Waals surface area (Å²) in [7, 11) is 1.46. The van der Waals surface area contributed by atoms with E-state index in [1.165, 1.54) is 25.4 Å². The molecule has 3 aromatic rings. The molecule has 142 valence electrons. The maximum Gasteiger partial charge on any atom is 0.255 e. The summed E-state index contributed by atoms with van der Waals surface area (Å²) in [5.41, 5.74) is 14.5. The van der Waals surface area contributed by atoms with Crippen LogP contribution in [0.25, 0.3) is 11.3 Å². The lowest BCUT2D eigenvalue weighted by Gasteiger charge is -2.26. The molecule has 5 N–H and O–H groups in total. The Morgan fingerprint density at radius 1 is 1.18 bits per heavy atom. The van der Waals surface area contributed by atoms with Gasteiger partial charge in [0.05, 0.1) is 35.8 Å². The molecule has 8 nitrogen and oxygen atoms in total. The van der Waals surface area contributed by atoms with Crippen LogP contribution in [0.2, 0.25) is 0 Å². The first kappa shape index (κ1) is 17.7. The number of hydrogen-bond acceptors (Lipinski definition) is 7. The van der Waals surface area contributed by atoms with E-state index >= 15 is 0 Å². The van der Waals surface area contributed by atoms with E-state index in [1.807, 2.05) is 0 Å². The number of ether oxygens (including phenoxy) is 1. The Labute approximate surface area is 159 Å². The number of halogens is 1. The number of nitrogen functional groups attached to an aromatic ring is 2. The number of fused-ring (bicyclic) bond motifs is 1. The predicted octanol–water partition coefficient (Wildman–Crippen LogP) is 1.88. The molecule has 1 aliphatic rings. The number of carbonyl (C=O) groups excluding carboxylic acids is 1. The van der Waals surface area contributed by atoms with E-state index in [2.05, 4.69) is 20.3 Å². The number of nitrogens with zero attached hydrogens (tertiary/aromatic N) is 3. The third kappa shape index (κ3) is 3.07. The highest BCUT2D eigenvalue weighted by atomic mass is 19.1. The van der Waals surface area contributed by atoms with Gasteiger partial charge in [-0.2, -0.15) is 0 Å². The van der Waals surface area contributed by atoms with Crippen molar-refractivity contribution in [1.29, 1.82) is 0 Å². The van der Waals surface area contributed by atoms with Crippen LogP contribution in [-0.2, 0) is 6.42 Å². The van der Waals surface area contributed by atoms with Crippen molar-refractivity contribution in [2.45, 2.75) is 12.5 Å². The molecule has 4 rings (SSSR count). The molecule has 1 aromatic carbocycles. The number of methoxy groups -OCH3 is 1. The second kappa shape index (κ2) is 6.76. The van der Waals surface area contributed by atoms with Crippen molar-refractivity contribution in [2.24, 2.45) is 0 Å². The fourth-order valence-corrected chi connectivity index (χ4v) is 3.26. The summed E-state index contributed by atoms with van der Waals surface area (Å²) in [6, 6.07) is 7.20. The van der Waals surface area contributed by atoms with Gasteiger partial charge < -0.3 is 21.5 Å². The van der Waals surface area contributed by atoms with Crippen LogP contribution in [0.4, 0.5) is 16.0 Å². The fourth-order valence-electron chi connectivity index (χ4n) is 3.26. The van der Waals surface area contributed by atoms with Crippen molar-refractivity contribution in [1.82, 2.24) is 20.3 Å². The van der Waals surface area contributed by atoms with Gasteiger partial charge in [0.1, 0.15) is 5.82 Å². The molecule has 1 atom stereocenters. The summed E-state index contributed by atoms with van der Waals surface area (Å²) >= 11 is 0. The number of carbonyl (C=O) groups is 1. The Bertz CT molecular complexity index is 1090. The highest BCUT2D eigenvalue weighted by Gasteiger charge is 2.29. The van der Waals surface area contributed by atoms with E-state index < -0.39 is 11.9 Å². The molecule has 0 radical (unpaired) electrons. The molecule has 2 aromatic heterocycles. The molecule has 0 spiro atoms. The van der Waals surface area contributed by atoms with Gasteiger partial charge >= 0.3 is 0 Å². The second-order valence-electron chi connectivity index (χ2n) is 6.35. The Morgan fingerprint density at radius 3 is 2.79 bits per heavy atom. The monoisotopic (exact) mass is 380 g/mol. The second-order valence-corrected chi connectivity index (χ2v) is 6.35. The minimum atomic E-state index is -0.435. The van der Waals surface area contributed by atoms with Gasteiger partial charge in [0, 0.05) is 18.2 Å². The molecule has 0 saturated carbocycles. The summed E-state index contributed by atoms with van der Waals surface area (Å²) in [5, 5.41) is 2.91. The first-order valence-electron chi connectivity index (χ1n) is 8.49. The smallest absolute Gasteiger partial charge is 0.255 e. The topological polar surface area (TPSA) is 129 Å². The number of pyridine rings is 1. The average molecular weight is 380 g/mol. The summed E-state index contributed by atoms with van der Waals surface area (Å²) in [6.07, 6.45) is 1.79. The third-order valence-corrected chi connectivity index (χ3v) is 4.58. The van der Waals surface area contributed by atoms with Gasteiger partial charge in [-0.15, -0.1) is 0 Å². The number of rotatable bonds is 3. The number of amides is 1. The largest absolute Gasteiger partial charge is 0.480 e. The lowest BCUT2D eigenvalue weighted by Crippen LogP contribution is -2.36. The minimum absolute atomic E-state index is 0.0940. The Balaban J connectivity index is 1.80. The molecule has 0 saturated heterocycles. The van der Waals surface area contributed by atoms with Crippen LogP contribution in [0.15, 0.2) is 36.5 Å². The van der Waals surface area contributed by atoms with Gasteiger partial charge in [-0.3, -0.25) is 4.79 Å². The van der Waals surface area contributed by atoms with Crippen LogP contribution >= 0.6 is 0 Å². The molecule has 0 bridgehead atoms. The van der Waals surface area contributed by atoms with Crippen molar-refractivity contribution in [3.05, 3.63) is 59.2 Å². The molecular weight excluding hydrogens is 363 g/mol. The van der Waals surface area contributed by atoms with Crippen LogP contribution in [0.1, 0.15) is 27.7 Å². The van der Waals surface area contributed by atoms with Gasteiger partial charge in [0.15, 0.2) is 0 Å². The van der Waals surface area contributed by atoms with Crippen LogP contribution in [-0.4, -0.2) is 28.0 Å². The Morgan fingerprint density at radius 2 is 2.00 bits per heavy atom. The van der Waals surface area contributed by atoms with E-state index in [4.69, 9.17) is 16.2 Å². The maximum absolute atomic E-state index is 14.0. The van der Waals surface area contributed by atoms with Crippen molar-refractivity contribution in [3.63, 3.8) is 0 Å². The highest BCUT2D eigenvalue weighted by molar-refractivity contribution is 5.96. The predicted molar refractivity (Wildman–Crippen MR) is 101 cm³/mol. The summed E-state index contributed by atoms with van der Waals surface area (Å²) in [5.74, 6) is -0.405. The lowest BCUT2D eigenvalue weighted by atomic mass is 9.91. The minimum Gasteiger partial charge on any atom is -0.480 e. The maximum atomic E-state index is 14.0. The molecule has 28 heavy (non-hydrogen) atoms. The van der Waals surface area contributed by atoms with Crippen LogP contribution in [0.5, 0.6) is 5.88 Å². The van der Waals surface area contributed by atoms with E-state index in [0.29, 0.717) is 40.2 Å². The average Bonchev–Trinajstić information content (AvgIpc) is 2.68. The van der Waals surface area contributed by atoms with Crippen molar-refractivity contribution < 1.29 is 13.9 Å². The van der Waals surface area contributed by atoms with Gasteiger partial charge in [-0.05, 0) is 29.8 Å². The van der Waals surface area contributed by atoms with Crippen LogP contribution in [0, 0.1) is 5.82 Å². The molecule has 0 fully saturated rings. The number of hydrogen-bond donors (Lipinski definition) is 3. The van der Waals surface area contributed by atoms with E-state index in [1.54, 1.807) is 18.2 Å². The van der Waals surface area contributed by atoms with Gasteiger partial charge in [-0.1, -0.05) is 6.07 Å². The molecule has 1 amide bonds. The van der Waals surface area contributed by atoms with Crippen LogP contribution < -0.4 is 21.5 Å². The Kier molecular flexibility index (Phi) is 4.26. The first-order valence-corrected chi connectivity index (χ1v) is 8.49. The molecule has 0 aliphatic carbocycles. The van der Waals surface area contributed by atoms with Crippen molar-refractivity contribution in [3.8, 4) is 17.1 Å². The first-order chi connectivity index (χ1) is 13.5. The van der Waals surface area contributed by atoms with Crippen molar-refractivity contribution in [2.75, 3.05) is 18.6 Å². The molecule has 1 aliphatic heterocycles. The van der Waals surface area contributed by atoms with Gasteiger partial charge in [0.2, 0.25) is 11.8 Å². The zero-order valence-electron chi connectivity index (χ0n) is 14.9. The van der Waals surface area contributed by atoms with Gasteiger partial charge in [-0.25, -0.2) is 19.3 Å². The number of anilines is 2. The van der Waals surface area contributed by atoms with Crippen molar-refractivity contribution >= 4 is 17.5 Å². The molecule has 1 unspecified atom stereocenters. The van der Waals surface area contributed by atoms with E-state index in [-0.39, 0.29) is 17.7 Å².